The Morgan fingerprint density at radius 1 is 1.14 bits per heavy atom. The number of ketones is 2. The van der Waals surface area contributed by atoms with Gasteiger partial charge in [0.2, 0.25) is 5.78 Å². The fourth-order valence-electron chi connectivity index (χ4n) is 8.50. The smallest absolute Gasteiger partial charge is 0.303 e. The van der Waals surface area contributed by atoms with Gasteiger partial charge in [-0.3, -0.25) is 14.4 Å². The number of aliphatic carboxylic acids is 1. The Kier molecular flexibility index (Phi) is 6.16. The summed E-state index contributed by atoms with van der Waals surface area (Å²) in [6, 6.07) is 0. The number of hydrogen-bond acceptors (Lipinski definition) is 5. The summed E-state index contributed by atoms with van der Waals surface area (Å²) in [7, 11) is 0. The van der Waals surface area contributed by atoms with Crippen LogP contribution in [0.4, 0.5) is 8.78 Å². The average molecular weight is 535 g/mol. The van der Waals surface area contributed by atoms with Crippen molar-refractivity contribution in [3.8, 4) is 0 Å². The van der Waals surface area contributed by atoms with Crippen LogP contribution in [0.2, 0.25) is 0 Å². The number of halogens is 4. The molecule has 0 bridgehead atoms. The number of fused-ring (bicyclic) bond motifs is 5. The Labute approximate surface area is 212 Å². The van der Waals surface area contributed by atoms with E-state index < -0.39 is 73.8 Å². The molecule has 35 heavy (non-hydrogen) atoms. The normalized spacial score (nSPS) is 45.2. The maximum absolute atomic E-state index is 17.3. The van der Waals surface area contributed by atoms with Crippen molar-refractivity contribution in [2.45, 2.75) is 71.1 Å². The molecule has 0 aliphatic heterocycles. The van der Waals surface area contributed by atoms with Crippen molar-refractivity contribution in [1.82, 2.24) is 0 Å². The maximum atomic E-state index is 17.3. The number of carboxylic acid groups (broad SMARTS) is 1. The number of hydrogen-bond donors (Lipinski definition) is 3. The van der Waals surface area contributed by atoms with Crippen molar-refractivity contribution in [2.24, 2.45) is 34.0 Å². The fraction of sp³-hybridized carbons (Fsp3) is 0.720. The van der Waals surface area contributed by atoms with Crippen LogP contribution in [0.1, 0.15) is 59.3 Å². The van der Waals surface area contributed by atoms with Crippen LogP contribution in [0, 0.1) is 34.0 Å². The summed E-state index contributed by atoms with van der Waals surface area (Å²) < 4.78 is 33.0. The highest BCUT2D eigenvalue weighted by Gasteiger charge is 2.75. The summed E-state index contributed by atoms with van der Waals surface area (Å²) in [6.07, 6.45) is -2.18. The molecule has 3 fully saturated rings. The van der Waals surface area contributed by atoms with Gasteiger partial charge in [0.1, 0.15) is 22.6 Å². The lowest BCUT2D eigenvalue weighted by atomic mass is 9.43. The second-order valence-corrected chi connectivity index (χ2v) is 11.8. The van der Waals surface area contributed by atoms with Crippen LogP contribution in [-0.4, -0.2) is 50.6 Å². The fourth-order valence-corrected chi connectivity index (χ4v) is 9.02. The Morgan fingerprint density at radius 2 is 1.77 bits per heavy atom. The Morgan fingerprint density at radius 3 is 2.34 bits per heavy atom. The summed E-state index contributed by atoms with van der Waals surface area (Å²) in [5, 5.41) is 30.0. The number of aliphatic hydroxyl groups excluding tert-OH is 2. The molecule has 6 nitrogen and oxygen atoms in total. The van der Waals surface area contributed by atoms with Gasteiger partial charge in [-0.15, -0.1) is 11.6 Å². The summed E-state index contributed by atoms with van der Waals surface area (Å²) >= 11 is 12.0. The van der Waals surface area contributed by atoms with Gasteiger partial charge in [0.05, 0.1) is 11.3 Å². The van der Waals surface area contributed by atoms with E-state index in [0.29, 0.717) is 6.42 Å². The Hall–Kier alpha value is -1.67. The first-order valence-corrected chi connectivity index (χ1v) is 12.8. The molecule has 0 amide bonds. The van der Waals surface area contributed by atoms with Crippen LogP contribution < -0.4 is 0 Å². The van der Waals surface area contributed by atoms with Crippen molar-refractivity contribution in [3.05, 3.63) is 22.1 Å². The third-order valence-corrected chi connectivity index (χ3v) is 10.8. The zero-order valence-electron chi connectivity index (χ0n) is 19.8. The predicted molar refractivity (Wildman–Crippen MR) is 125 cm³/mol. The molecule has 4 rings (SSSR count). The third kappa shape index (κ3) is 3.01. The Balaban J connectivity index is 1.88. The number of rotatable bonds is 5. The molecule has 3 N–H and O–H groups in total. The summed E-state index contributed by atoms with van der Waals surface area (Å²) in [6.45, 7) is 4.94. The van der Waals surface area contributed by atoms with Crippen molar-refractivity contribution in [1.29, 1.82) is 0 Å². The SMILES string of the molecule is C[C@H]1C[C@H]2[C@@H]3C[C@H](F)C4=C(O)C(=O)C(Cl)=C(O)[C@]4(C)[C@@]3(F)CC[C@]2(C)[C@@]1(CCC(=O)O)C(=O)CCl. The first kappa shape index (κ1) is 26.4. The minimum absolute atomic E-state index is 0.0435. The van der Waals surface area contributed by atoms with E-state index in [9.17, 15) is 29.7 Å². The topological polar surface area (TPSA) is 112 Å². The van der Waals surface area contributed by atoms with E-state index >= 15 is 8.78 Å². The maximum Gasteiger partial charge on any atom is 0.303 e. The van der Waals surface area contributed by atoms with Crippen LogP contribution >= 0.6 is 23.2 Å². The van der Waals surface area contributed by atoms with E-state index in [1.807, 2.05) is 13.8 Å². The minimum atomic E-state index is -2.26. The summed E-state index contributed by atoms with van der Waals surface area (Å²) in [4.78, 5) is 37.1. The minimum Gasteiger partial charge on any atom is -0.510 e. The second kappa shape index (κ2) is 8.17. The summed E-state index contributed by atoms with van der Waals surface area (Å²) in [5.74, 6) is -6.42. The van der Waals surface area contributed by atoms with Crippen LogP contribution in [0.15, 0.2) is 22.1 Å². The molecular weight excluding hydrogens is 505 g/mol. The van der Waals surface area contributed by atoms with E-state index in [2.05, 4.69) is 0 Å². The van der Waals surface area contributed by atoms with E-state index in [-0.39, 0.29) is 49.7 Å². The first-order chi connectivity index (χ1) is 16.1. The van der Waals surface area contributed by atoms with Gasteiger partial charge in [0.25, 0.3) is 0 Å². The molecule has 8 atom stereocenters. The second-order valence-electron chi connectivity index (χ2n) is 11.1. The molecule has 4 aliphatic rings. The van der Waals surface area contributed by atoms with E-state index in [0.717, 1.165) is 0 Å². The molecule has 0 spiro atoms. The third-order valence-electron chi connectivity index (χ3n) is 10.2. The number of carbonyl (C=O) groups is 3. The quantitative estimate of drug-likeness (QED) is 0.397. The lowest BCUT2D eigenvalue weighted by Crippen LogP contribution is -2.65. The largest absolute Gasteiger partial charge is 0.510 e. The number of alkyl halides is 3. The van der Waals surface area contributed by atoms with Gasteiger partial charge in [-0.05, 0) is 56.3 Å². The summed E-state index contributed by atoms with van der Waals surface area (Å²) in [5.41, 5.74) is -6.80. The lowest BCUT2D eigenvalue weighted by molar-refractivity contribution is -0.172. The van der Waals surface area contributed by atoms with Gasteiger partial charge in [-0.2, -0.15) is 0 Å². The van der Waals surface area contributed by atoms with Gasteiger partial charge < -0.3 is 15.3 Å². The molecule has 0 radical (unpaired) electrons. The van der Waals surface area contributed by atoms with Crippen LogP contribution in [0.3, 0.4) is 0 Å². The number of aliphatic hydroxyl groups is 2. The molecule has 0 heterocycles. The molecule has 10 heteroatoms. The van der Waals surface area contributed by atoms with Crippen LogP contribution in [0.25, 0.3) is 0 Å². The van der Waals surface area contributed by atoms with Crippen LogP contribution in [-0.2, 0) is 14.4 Å². The zero-order valence-corrected chi connectivity index (χ0v) is 21.3. The van der Waals surface area contributed by atoms with Crippen LogP contribution in [0.5, 0.6) is 0 Å². The number of allylic oxidation sites excluding steroid dienone is 2. The zero-order chi connectivity index (χ0) is 26.3. The lowest BCUT2D eigenvalue weighted by Gasteiger charge is -2.62. The van der Waals surface area contributed by atoms with Crippen molar-refractivity contribution in [3.63, 3.8) is 0 Å². The molecule has 0 aromatic rings. The highest BCUT2D eigenvalue weighted by molar-refractivity contribution is 6.45. The molecular formula is C25H30Cl2F2O6. The molecule has 0 aromatic heterocycles. The molecule has 194 valence electrons. The highest BCUT2D eigenvalue weighted by Crippen LogP contribution is 2.75. The number of carbonyl (C=O) groups excluding carboxylic acids is 2. The van der Waals surface area contributed by atoms with E-state index in [4.69, 9.17) is 23.2 Å². The molecule has 3 saturated carbocycles. The average Bonchev–Trinajstić information content (AvgIpc) is 3.03. The van der Waals surface area contributed by atoms with Gasteiger partial charge in [0, 0.05) is 23.3 Å². The number of carboxylic acids is 1. The molecule has 0 saturated heterocycles. The van der Waals surface area contributed by atoms with Gasteiger partial charge >= 0.3 is 5.97 Å². The standard InChI is InChI=1S/C25H30Cl2F2O6/c1-11-8-12-13-9-14(28)17-19(33)20(34)18(27)21(35)23(17,3)25(13,29)7-6-22(12,2)24(11,15(30)10-26)5-4-16(31)32/h11-14,33,35H,4-10H2,1-3H3,(H,31,32)/t11-,12-,13-,14-,22-,23+,24+,25+/m0/s1. The number of Topliss-reactive ketones (excluding diaryl/α,β-unsaturated/α-hetero) is 2. The highest BCUT2D eigenvalue weighted by atomic mass is 35.5. The van der Waals surface area contributed by atoms with Gasteiger partial charge in [-0.1, -0.05) is 25.4 Å². The van der Waals surface area contributed by atoms with Crippen molar-refractivity contribution >= 4 is 40.7 Å². The predicted octanol–water partition coefficient (Wildman–Crippen LogP) is 5.58. The van der Waals surface area contributed by atoms with Gasteiger partial charge in [0.15, 0.2) is 11.5 Å². The van der Waals surface area contributed by atoms with E-state index in [1.165, 1.54) is 6.92 Å². The molecule has 4 aliphatic carbocycles. The first-order valence-electron chi connectivity index (χ1n) is 11.9. The monoisotopic (exact) mass is 534 g/mol. The molecule has 0 aromatic carbocycles. The van der Waals surface area contributed by atoms with Gasteiger partial charge in [-0.25, -0.2) is 8.78 Å². The molecule has 0 unspecified atom stereocenters. The van der Waals surface area contributed by atoms with Crippen molar-refractivity contribution < 1.29 is 38.5 Å². The van der Waals surface area contributed by atoms with Crippen molar-refractivity contribution in [2.75, 3.05) is 5.88 Å². The van der Waals surface area contributed by atoms with E-state index in [1.54, 1.807) is 0 Å². The Bertz CT molecular complexity index is 1070.